The third-order valence-electron chi connectivity index (χ3n) is 3.83. The number of benzene rings is 1. The number of carboxylic acids is 1. The van der Waals surface area contributed by atoms with E-state index in [0.717, 1.165) is 48.6 Å². The molecule has 0 aliphatic carbocycles. The molecule has 1 heterocycles. The predicted molar refractivity (Wildman–Crippen MR) is 77.3 cm³/mol. The number of nitrogens with one attached hydrogen (secondary N) is 1. The van der Waals surface area contributed by atoms with Crippen molar-refractivity contribution in [1.29, 1.82) is 0 Å². The largest absolute Gasteiger partial charge is 0.496 e. The van der Waals surface area contributed by atoms with Gasteiger partial charge in [0.2, 0.25) is 0 Å². The monoisotopic (exact) mass is 278 g/mol. The van der Waals surface area contributed by atoms with Gasteiger partial charge in [0.25, 0.3) is 0 Å². The molecule has 0 radical (unpaired) electrons. The quantitative estimate of drug-likeness (QED) is 0.870. The number of ether oxygens (including phenoxy) is 1. The molecule has 5 heteroatoms. The van der Waals surface area contributed by atoms with Gasteiger partial charge in [-0.15, -0.1) is 0 Å². The molecule has 0 spiro atoms. The molecule has 0 saturated carbocycles. The lowest BCUT2D eigenvalue weighted by molar-refractivity contribution is -0.143. The zero-order valence-corrected chi connectivity index (χ0v) is 12.3. The number of hydrogen-bond donors (Lipinski definition) is 2. The molecular formula is C15H22N2O3. The Morgan fingerprint density at radius 1 is 1.30 bits per heavy atom. The second-order valence-corrected chi connectivity index (χ2v) is 5.21. The van der Waals surface area contributed by atoms with Gasteiger partial charge < -0.3 is 15.2 Å². The zero-order chi connectivity index (χ0) is 14.7. The Kier molecular flexibility index (Phi) is 4.62. The second-order valence-electron chi connectivity index (χ2n) is 5.21. The van der Waals surface area contributed by atoms with E-state index in [1.165, 1.54) is 0 Å². The summed E-state index contributed by atoms with van der Waals surface area (Å²) >= 11 is 0. The summed E-state index contributed by atoms with van der Waals surface area (Å²) in [5, 5.41) is 12.9. The Bertz CT molecular complexity index is 496. The summed E-state index contributed by atoms with van der Waals surface area (Å²) in [5.74, 6) is 0.00951. The zero-order valence-electron chi connectivity index (χ0n) is 12.3. The molecule has 0 bridgehead atoms. The summed E-state index contributed by atoms with van der Waals surface area (Å²) in [6.07, 6.45) is 0. The van der Waals surface area contributed by atoms with Gasteiger partial charge in [0.15, 0.2) is 0 Å². The Morgan fingerprint density at radius 2 is 1.95 bits per heavy atom. The number of nitrogens with zero attached hydrogens (tertiary/aromatic N) is 1. The highest BCUT2D eigenvalue weighted by Gasteiger charge is 2.30. The van der Waals surface area contributed by atoms with E-state index in [4.69, 9.17) is 4.74 Å². The van der Waals surface area contributed by atoms with Crippen LogP contribution >= 0.6 is 0 Å². The first-order valence-electron chi connectivity index (χ1n) is 6.87. The Balaban J connectivity index is 2.38. The minimum absolute atomic E-state index is 0.582. The van der Waals surface area contributed by atoms with Crippen molar-refractivity contribution in [2.24, 2.45) is 0 Å². The molecule has 2 rings (SSSR count). The highest BCUT2D eigenvalue weighted by atomic mass is 16.5. The van der Waals surface area contributed by atoms with Gasteiger partial charge in [0, 0.05) is 26.2 Å². The maximum Gasteiger partial charge on any atom is 0.325 e. The number of rotatable bonds is 4. The van der Waals surface area contributed by atoms with Gasteiger partial charge >= 0.3 is 5.97 Å². The number of piperazine rings is 1. The van der Waals surface area contributed by atoms with E-state index in [-0.39, 0.29) is 0 Å². The van der Waals surface area contributed by atoms with Crippen LogP contribution in [-0.2, 0) is 4.79 Å². The van der Waals surface area contributed by atoms with Crippen molar-refractivity contribution in [3.63, 3.8) is 0 Å². The molecule has 1 atom stereocenters. The molecule has 1 fully saturated rings. The smallest absolute Gasteiger partial charge is 0.325 e. The number of hydrogen-bond acceptors (Lipinski definition) is 4. The van der Waals surface area contributed by atoms with E-state index >= 15 is 0 Å². The number of methoxy groups -OCH3 is 1. The fourth-order valence-electron chi connectivity index (χ4n) is 2.75. The Labute approximate surface area is 119 Å². The van der Waals surface area contributed by atoms with Crippen molar-refractivity contribution in [2.75, 3.05) is 33.3 Å². The summed E-state index contributed by atoms with van der Waals surface area (Å²) in [7, 11) is 1.63. The van der Waals surface area contributed by atoms with Crippen LogP contribution < -0.4 is 10.1 Å². The molecule has 20 heavy (non-hydrogen) atoms. The molecule has 110 valence electrons. The number of aryl methyl sites for hydroxylation is 2. The molecule has 1 aliphatic rings. The van der Waals surface area contributed by atoms with E-state index in [0.29, 0.717) is 0 Å². The molecule has 1 unspecified atom stereocenters. The van der Waals surface area contributed by atoms with Gasteiger partial charge in [-0.05, 0) is 42.7 Å². The molecule has 1 aromatic rings. The van der Waals surface area contributed by atoms with Crippen LogP contribution in [0.15, 0.2) is 12.1 Å². The summed E-state index contributed by atoms with van der Waals surface area (Å²) < 4.78 is 5.30. The topological polar surface area (TPSA) is 61.8 Å². The molecule has 1 aliphatic heterocycles. The highest BCUT2D eigenvalue weighted by molar-refractivity contribution is 5.76. The van der Waals surface area contributed by atoms with Crippen LogP contribution in [0.4, 0.5) is 0 Å². The lowest BCUT2D eigenvalue weighted by Crippen LogP contribution is -2.47. The average Bonchev–Trinajstić information content (AvgIpc) is 2.43. The number of aliphatic carboxylic acids is 1. The first-order chi connectivity index (χ1) is 9.54. The lowest BCUT2D eigenvalue weighted by atomic mass is 9.96. The molecular weight excluding hydrogens is 256 g/mol. The number of carbonyl (C=O) groups is 1. The van der Waals surface area contributed by atoms with Crippen LogP contribution in [0, 0.1) is 13.8 Å². The van der Waals surface area contributed by atoms with Gasteiger partial charge in [-0.1, -0.05) is 0 Å². The summed E-state index contributed by atoms with van der Waals surface area (Å²) in [6, 6.07) is 3.28. The van der Waals surface area contributed by atoms with Crippen molar-refractivity contribution in [3.05, 3.63) is 28.8 Å². The highest BCUT2D eigenvalue weighted by Crippen LogP contribution is 2.30. The standard InChI is InChI=1S/C15H22N2O3/c1-10-9-13(20-3)11(2)8-12(10)14(15(18)19)17-6-4-16-5-7-17/h8-9,14,16H,4-7H2,1-3H3,(H,18,19). The fourth-order valence-corrected chi connectivity index (χ4v) is 2.75. The minimum atomic E-state index is -0.792. The second kappa shape index (κ2) is 6.24. The Hall–Kier alpha value is -1.59. The molecule has 1 saturated heterocycles. The van der Waals surface area contributed by atoms with Gasteiger partial charge in [-0.2, -0.15) is 0 Å². The van der Waals surface area contributed by atoms with Crippen molar-refractivity contribution < 1.29 is 14.6 Å². The van der Waals surface area contributed by atoms with Crippen LogP contribution in [0.5, 0.6) is 5.75 Å². The number of carboxylic acid groups (broad SMARTS) is 1. The van der Waals surface area contributed by atoms with Gasteiger partial charge in [0.1, 0.15) is 11.8 Å². The lowest BCUT2D eigenvalue weighted by Gasteiger charge is -2.33. The predicted octanol–water partition coefficient (Wildman–Crippen LogP) is 1.34. The van der Waals surface area contributed by atoms with E-state index in [9.17, 15) is 9.90 Å². The van der Waals surface area contributed by atoms with Crippen LogP contribution in [0.25, 0.3) is 0 Å². The Morgan fingerprint density at radius 3 is 2.50 bits per heavy atom. The summed E-state index contributed by atoms with van der Waals surface area (Å²) in [4.78, 5) is 13.7. The van der Waals surface area contributed by atoms with Crippen LogP contribution in [0.1, 0.15) is 22.7 Å². The van der Waals surface area contributed by atoms with E-state index in [1.807, 2.05) is 30.9 Å². The van der Waals surface area contributed by atoms with Crippen LogP contribution in [0.3, 0.4) is 0 Å². The van der Waals surface area contributed by atoms with Crippen LogP contribution in [-0.4, -0.2) is 49.3 Å². The third-order valence-corrected chi connectivity index (χ3v) is 3.83. The molecule has 2 N–H and O–H groups in total. The maximum absolute atomic E-state index is 11.7. The molecule has 0 aromatic heterocycles. The third kappa shape index (κ3) is 2.94. The molecule has 1 aromatic carbocycles. The van der Waals surface area contributed by atoms with Crippen LogP contribution in [0.2, 0.25) is 0 Å². The SMILES string of the molecule is COc1cc(C)c(C(C(=O)O)N2CCNCC2)cc1C. The van der Waals surface area contributed by atoms with Crippen molar-refractivity contribution in [2.45, 2.75) is 19.9 Å². The maximum atomic E-state index is 11.7. The van der Waals surface area contributed by atoms with Gasteiger partial charge in [-0.3, -0.25) is 9.69 Å². The molecule has 0 amide bonds. The summed E-state index contributed by atoms with van der Waals surface area (Å²) in [6.45, 7) is 7.05. The van der Waals surface area contributed by atoms with Gasteiger partial charge in [-0.25, -0.2) is 0 Å². The van der Waals surface area contributed by atoms with Crippen molar-refractivity contribution in [3.8, 4) is 5.75 Å². The molecule has 5 nitrogen and oxygen atoms in total. The van der Waals surface area contributed by atoms with E-state index in [2.05, 4.69) is 5.32 Å². The van der Waals surface area contributed by atoms with Crippen molar-refractivity contribution >= 4 is 5.97 Å². The van der Waals surface area contributed by atoms with Gasteiger partial charge in [0.05, 0.1) is 7.11 Å². The fraction of sp³-hybridized carbons (Fsp3) is 0.533. The summed E-state index contributed by atoms with van der Waals surface area (Å²) in [5.41, 5.74) is 2.78. The van der Waals surface area contributed by atoms with E-state index < -0.39 is 12.0 Å². The normalized spacial score (nSPS) is 17.8. The first kappa shape index (κ1) is 14.8. The average molecular weight is 278 g/mol. The van der Waals surface area contributed by atoms with Crippen molar-refractivity contribution in [1.82, 2.24) is 10.2 Å². The van der Waals surface area contributed by atoms with E-state index in [1.54, 1.807) is 7.11 Å². The minimum Gasteiger partial charge on any atom is -0.496 e. The first-order valence-corrected chi connectivity index (χ1v) is 6.87.